The van der Waals surface area contributed by atoms with Crippen molar-refractivity contribution in [1.82, 2.24) is 4.90 Å². The van der Waals surface area contributed by atoms with Crippen molar-refractivity contribution in [3.05, 3.63) is 0 Å². The van der Waals surface area contributed by atoms with Gasteiger partial charge in [0.25, 0.3) is 0 Å². The van der Waals surface area contributed by atoms with Gasteiger partial charge in [0.15, 0.2) is 0 Å². The monoisotopic (exact) mass is 197 g/mol. The van der Waals surface area contributed by atoms with E-state index in [2.05, 4.69) is 0 Å². The van der Waals surface area contributed by atoms with E-state index in [-0.39, 0.29) is 21.7 Å². The summed E-state index contributed by atoms with van der Waals surface area (Å²) in [6.07, 6.45) is -2.50. The Morgan fingerprint density at radius 2 is 1.00 bits per heavy atom. The van der Waals surface area contributed by atoms with Gasteiger partial charge >= 0.3 is 0 Å². The third kappa shape index (κ3) is 4.90. The number of nitrogens with zero attached hydrogens (tertiary/aromatic N) is 1. The van der Waals surface area contributed by atoms with Crippen LogP contribution in [0.3, 0.4) is 0 Å². The summed E-state index contributed by atoms with van der Waals surface area (Å²) in [4.78, 5) is 1.17. The molecule has 0 saturated heterocycles. The average Bonchev–Trinajstić information content (AvgIpc) is 1.59. The molecule has 0 amide bonds. The molecule has 3 unspecified atom stereocenters. The van der Waals surface area contributed by atoms with Gasteiger partial charge in [-0.15, -0.1) is 0 Å². The van der Waals surface area contributed by atoms with Crippen LogP contribution in [-0.2, 0) is 21.7 Å². The molecule has 0 aromatic heterocycles. The Labute approximate surface area is 81.7 Å². The first-order valence-electron chi connectivity index (χ1n) is 3.28. The summed E-state index contributed by atoms with van der Waals surface area (Å²) in [5.41, 5.74) is 0. The molecule has 0 radical (unpaired) electrons. The van der Waals surface area contributed by atoms with Gasteiger partial charge in [0.05, 0.1) is 0 Å². The van der Waals surface area contributed by atoms with E-state index in [1.165, 1.54) is 25.7 Å². The smallest absolute Gasteiger partial charge is 0.108 e. The van der Waals surface area contributed by atoms with Crippen molar-refractivity contribution in [2.45, 2.75) is 39.5 Å². The molecule has 66 valence electrons. The summed E-state index contributed by atoms with van der Waals surface area (Å²) in [6.45, 7) is 4.46. The van der Waals surface area contributed by atoms with E-state index in [1.54, 1.807) is 0 Å². The largest absolute Gasteiger partial charge is 0.379 e. The van der Waals surface area contributed by atoms with Crippen molar-refractivity contribution < 1.29 is 37.0 Å². The molecule has 0 aliphatic rings. The van der Waals surface area contributed by atoms with E-state index in [4.69, 9.17) is 15.3 Å². The van der Waals surface area contributed by atoms with Crippen LogP contribution in [0, 0.1) is 0 Å². The van der Waals surface area contributed by atoms with Crippen molar-refractivity contribution in [3.63, 3.8) is 0 Å². The van der Waals surface area contributed by atoms with Gasteiger partial charge in [-0.3, -0.25) is 0 Å². The Morgan fingerprint density at radius 1 is 0.818 bits per heavy atom. The summed E-state index contributed by atoms with van der Waals surface area (Å²) in [6, 6.07) is 0. The Balaban J connectivity index is 0. The summed E-state index contributed by atoms with van der Waals surface area (Å²) in [5.74, 6) is 0. The van der Waals surface area contributed by atoms with Gasteiger partial charge in [0, 0.05) is 21.7 Å². The predicted octanol–water partition coefficient (Wildman–Crippen LogP) is -0.699. The molecular weight excluding hydrogens is 182 g/mol. The minimum atomic E-state index is -0.833. The van der Waals surface area contributed by atoms with E-state index in [0.717, 1.165) is 0 Å². The Kier molecular flexibility index (Phi) is 7.84. The maximum Gasteiger partial charge on any atom is 0.108 e. The maximum atomic E-state index is 8.96. The van der Waals surface area contributed by atoms with Crippen molar-refractivity contribution in [1.29, 1.82) is 0 Å². The van der Waals surface area contributed by atoms with Crippen LogP contribution in [0.4, 0.5) is 0 Å². The van der Waals surface area contributed by atoms with Crippen LogP contribution in [0.5, 0.6) is 0 Å². The number of hydrogen-bond donors (Lipinski definition) is 3. The Morgan fingerprint density at radius 3 is 1.00 bits per heavy atom. The molecule has 0 saturated carbocycles. The second-order valence-electron chi connectivity index (χ2n) is 2.34. The summed E-state index contributed by atoms with van der Waals surface area (Å²) in [5, 5.41) is 26.9. The number of rotatable bonds is 3. The third-order valence-electron chi connectivity index (χ3n) is 1.29. The van der Waals surface area contributed by atoms with Crippen molar-refractivity contribution in [2.75, 3.05) is 0 Å². The van der Waals surface area contributed by atoms with Gasteiger partial charge in [-0.1, -0.05) is 0 Å². The summed E-state index contributed by atoms with van der Waals surface area (Å²) >= 11 is 0. The Hall–Kier alpha value is 0.554. The first-order chi connectivity index (χ1) is 4.46. The van der Waals surface area contributed by atoms with E-state index >= 15 is 0 Å². The van der Waals surface area contributed by atoms with Crippen LogP contribution in [0.25, 0.3) is 0 Å². The number of aliphatic hydroxyl groups is 3. The quantitative estimate of drug-likeness (QED) is 0.413. The minimum absolute atomic E-state index is 0. The van der Waals surface area contributed by atoms with Gasteiger partial charge in [-0.05, 0) is 20.8 Å². The maximum absolute atomic E-state index is 8.96. The number of aliphatic hydroxyl groups excluding tert-OH is 3. The van der Waals surface area contributed by atoms with E-state index in [0.29, 0.717) is 0 Å². The summed E-state index contributed by atoms with van der Waals surface area (Å²) in [7, 11) is 0. The van der Waals surface area contributed by atoms with Crippen LogP contribution < -0.4 is 0 Å². The molecule has 0 heterocycles. The molecular formula is C6H15NO3Ti. The van der Waals surface area contributed by atoms with Crippen LogP contribution in [0.2, 0.25) is 0 Å². The molecule has 5 heteroatoms. The molecule has 11 heavy (non-hydrogen) atoms. The van der Waals surface area contributed by atoms with E-state index in [1.807, 2.05) is 0 Å². The van der Waals surface area contributed by atoms with E-state index < -0.39 is 18.7 Å². The van der Waals surface area contributed by atoms with Gasteiger partial charge in [0.2, 0.25) is 0 Å². The molecule has 0 aromatic rings. The molecule has 0 fully saturated rings. The normalized spacial score (nSPS) is 18.8. The van der Waals surface area contributed by atoms with Crippen molar-refractivity contribution in [2.24, 2.45) is 0 Å². The minimum Gasteiger partial charge on any atom is -0.379 e. The van der Waals surface area contributed by atoms with Gasteiger partial charge < -0.3 is 15.3 Å². The predicted molar refractivity (Wildman–Crippen MR) is 36.9 cm³/mol. The molecule has 0 spiro atoms. The molecule has 0 aliphatic carbocycles. The SMILES string of the molecule is CC(O)N(C(C)O)C(C)O.[Ti]. The fourth-order valence-electron chi connectivity index (χ4n) is 0.937. The van der Waals surface area contributed by atoms with Gasteiger partial charge in [-0.25, -0.2) is 4.90 Å². The molecule has 4 nitrogen and oxygen atoms in total. The van der Waals surface area contributed by atoms with Gasteiger partial charge in [0.1, 0.15) is 18.7 Å². The zero-order valence-electron chi connectivity index (χ0n) is 7.02. The Bertz CT molecular complexity index is 78.8. The first kappa shape index (κ1) is 14.1. The van der Waals surface area contributed by atoms with Crippen molar-refractivity contribution in [3.8, 4) is 0 Å². The standard InChI is InChI=1S/C6H15NO3.Ti/c1-4(8)7(5(2)9)6(3)10;/h4-6,8-10H,1-3H3;. The molecule has 0 aromatic carbocycles. The van der Waals surface area contributed by atoms with Crippen LogP contribution in [0.1, 0.15) is 20.8 Å². The second kappa shape index (κ2) is 6.11. The van der Waals surface area contributed by atoms with Crippen LogP contribution in [0.15, 0.2) is 0 Å². The van der Waals surface area contributed by atoms with Crippen LogP contribution in [-0.4, -0.2) is 38.9 Å². The second-order valence-corrected chi connectivity index (χ2v) is 2.34. The fraction of sp³-hybridized carbons (Fsp3) is 1.00. The molecule has 3 N–H and O–H groups in total. The van der Waals surface area contributed by atoms with Crippen molar-refractivity contribution >= 4 is 0 Å². The molecule has 0 rings (SSSR count). The average molecular weight is 197 g/mol. The first-order valence-corrected chi connectivity index (χ1v) is 3.28. The molecule has 0 aliphatic heterocycles. The third-order valence-corrected chi connectivity index (χ3v) is 1.29. The van der Waals surface area contributed by atoms with Gasteiger partial charge in [-0.2, -0.15) is 0 Å². The summed E-state index contributed by atoms with van der Waals surface area (Å²) < 4.78 is 0. The molecule has 3 atom stereocenters. The zero-order valence-corrected chi connectivity index (χ0v) is 8.58. The topological polar surface area (TPSA) is 63.9 Å². The van der Waals surface area contributed by atoms with Crippen LogP contribution >= 0.6 is 0 Å². The van der Waals surface area contributed by atoms with E-state index in [9.17, 15) is 0 Å². The fourth-order valence-corrected chi connectivity index (χ4v) is 0.937. The number of hydrogen-bond acceptors (Lipinski definition) is 4. The zero-order chi connectivity index (χ0) is 8.31. The molecule has 0 bridgehead atoms.